The molecular weight excluding hydrogens is 308 g/mol. The summed E-state index contributed by atoms with van der Waals surface area (Å²) < 4.78 is 5.70. The summed E-state index contributed by atoms with van der Waals surface area (Å²) in [7, 11) is 0. The maximum atomic E-state index is 11.7. The van der Waals surface area contributed by atoms with Crippen LogP contribution < -0.4 is 4.90 Å². The quantitative estimate of drug-likeness (QED) is 0.781. The summed E-state index contributed by atoms with van der Waals surface area (Å²) in [6, 6.07) is 7.75. The van der Waals surface area contributed by atoms with Gasteiger partial charge in [-0.3, -0.25) is 4.79 Å². The zero-order valence-electron chi connectivity index (χ0n) is 11.3. The highest BCUT2D eigenvalue weighted by atomic mass is 79.9. The van der Waals surface area contributed by atoms with Crippen molar-refractivity contribution >= 4 is 27.6 Å². The van der Waals surface area contributed by atoms with Gasteiger partial charge in [0.15, 0.2) is 0 Å². The van der Waals surface area contributed by atoms with Gasteiger partial charge < -0.3 is 9.64 Å². The number of anilines is 1. The Morgan fingerprint density at radius 2 is 2.21 bits per heavy atom. The number of halogens is 1. The first kappa shape index (κ1) is 15.5. The van der Waals surface area contributed by atoms with Gasteiger partial charge >= 0.3 is 5.97 Å². The Labute approximate surface area is 122 Å². The largest absolute Gasteiger partial charge is 0.465 e. The molecular formula is C14H17BrN2O2. The van der Waals surface area contributed by atoms with E-state index >= 15 is 0 Å². The molecule has 19 heavy (non-hydrogen) atoms. The number of ether oxygens (including phenoxy) is 1. The van der Waals surface area contributed by atoms with Crippen LogP contribution in [0.4, 0.5) is 5.69 Å². The molecule has 0 saturated carbocycles. The van der Waals surface area contributed by atoms with Crippen LogP contribution >= 0.6 is 15.9 Å². The van der Waals surface area contributed by atoms with E-state index in [1.165, 1.54) is 0 Å². The third-order valence-electron chi connectivity index (χ3n) is 2.64. The van der Waals surface area contributed by atoms with Gasteiger partial charge in [0, 0.05) is 10.5 Å². The fourth-order valence-electron chi connectivity index (χ4n) is 1.75. The van der Waals surface area contributed by atoms with Crippen molar-refractivity contribution < 1.29 is 9.53 Å². The van der Waals surface area contributed by atoms with Crippen molar-refractivity contribution in [3.63, 3.8) is 0 Å². The summed E-state index contributed by atoms with van der Waals surface area (Å²) in [4.78, 5) is 13.5. The number of nitriles is 1. The van der Waals surface area contributed by atoms with Gasteiger partial charge in [0.25, 0.3) is 0 Å². The van der Waals surface area contributed by atoms with E-state index in [1.54, 1.807) is 6.92 Å². The summed E-state index contributed by atoms with van der Waals surface area (Å²) in [5, 5.41) is 9.24. The first-order valence-corrected chi connectivity index (χ1v) is 6.91. The van der Waals surface area contributed by atoms with Crippen LogP contribution in [0.15, 0.2) is 22.7 Å². The number of carbonyl (C=O) groups is 1. The average molecular weight is 325 g/mol. The average Bonchev–Trinajstić information content (AvgIpc) is 2.35. The number of rotatable bonds is 5. The lowest BCUT2D eigenvalue weighted by molar-refractivity contribution is -0.141. The minimum absolute atomic E-state index is 0.0887. The molecule has 0 unspecified atom stereocenters. The molecule has 0 bridgehead atoms. The van der Waals surface area contributed by atoms with Crippen molar-refractivity contribution in [1.29, 1.82) is 5.26 Å². The van der Waals surface area contributed by atoms with Crippen LogP contribution in [0.1, 0.15) is 26.3 Å². The van der Waals surface area contributed by atoms with E-state index in [4.69, 9.17) is 4.74 Å². The summed E-state index contributed by atoms with van der Waals surface area (Å²) in [5.74, 6) is -0.292. The number of benzene rings is 1. The second-order valence-corrected chi connectivity index (χ2v) is 5.13. The van der Waals surface area contributed by atoms with Crippen LogP contribution in [0, 0.1) is 11.3 Å². The molecule has 1 aromatic carbocycles. The topological polar surface area (TPSA) is 53.3 Å². The molecule has 0 amide bonds. The van der Waals surface area contributed by atoms with E-state index in [0.29, 0.717) is 12.2 Å². The van der Waals surface area contributed by atoms with Crippen LogP contribution in [0.3, 0.4) is 0 Å². The fourth-order valence-corrected chi connectivity index (χ4v) is 2.20. The Morgan fingerprint density at radius 1 is 1.53 bits per heavy atom. The smallest absolute Gasteiger partial charge is 0.325 e. The highest BCUT2D eigenvalue weighted by Gasteiger charge is 2.19. The molecule has 0 aliphatic carbocycles. The molecule has 4 nitrogen and oxygen atoms in total. The normalized spacial score (nSPS) is 10.1. The van der Waals surface area contributed by atoms with Gasteiger partial charge in [-0.15, -0.1) is 0 Å². The van der Waals surface area contributed by atoms with Crippen LogP contribution in [-0.2, 0) is 9.53 Å². The summed E-state index contributed by atoms with van der Waals surface area (Å²) in [6.45, 7) is 6.21. The molecule has 0 spiro atoms. The minimum Gasteiger partial charge on any atom is -0.465 e. The zero-order valence-corrected chi connectivity index (χ0v) is 12.9. The van der Waals surface area contributed by atoms with Gasteiger partial charge in [-0.25, -0.2) is 0 Å². The van der Waals surface area contributed by atoms with E-state index < -0.39 is 0 Å². The molecule has 0 aromatic heterocycles. The van der Waals surface area contributed by atoms with Crippen molar-refractivity contribution in [3.8, 4) is 6.07 Å². The Hall–Kier alpha value is -1.54. The molecule has 0 aliphatic rings. The molecule has 0 radical (unpaired) electrons. The Kier molecular flexibility index (Phi) is 5.84. The Balaban J connectivity index is 3.10. The molecule has 0 heterocycles. The van der Waals surface area contributed by atoms with Gasteiger partial charge in [0.1, 0.15) is 12.6 Å². The maximum absolute atomic E-state index is 11.7. The molecule has 0 saturated heterocycles. The number of hydrogen-bond acceptors (Lipinski definition) is 4. The molecule has 0 N–H and O–H groups in total. The molecule has 0 fully saturated rings. The maximum Gasteiger partial charge on any atom is 0.325 e. The number of nitrogens with zero attached hydrogens (tertiary/aromatic N) is 2. The first-order chi connectivity index (χ1) is 9.01. The van der Waals surface area contributed by atoms with Crippen LogP contribution in [0.2, 0.25) is 0 Å². The third kappa shape index (κ3) is 3.97. The van der Waals surface area contributed by atoms with E-state index in [0.717, 1.165) is 10.2 Å². The van der Waals surface area contributed by atoms with Gasteiger partial charge in [-0.2, -0.15) is 5.26 Å². The second kappa shape index (κ2) is 7.15. The lowest BCUT2D eigenvalue weighted by Crippen LogP contribution is -2.37. The lowest BCUT2D eigenvalue weighted by atomic mass is 10.1. The molecule has 1 aromatic rings. The predicted octanol–water partition coefficient (Wildman–Crippen LogP) is 3.10. The van der Waals surface area contributed by atoms with Crippen molar-refractivity contribution in [1.82, 2.24) is 0 Å². The molecule has 1 rings (SSSR count). The summed E-state index contributed by atoms with van der Waals surface area (Å²) in [5.41, 5.74) is 1.26. The van der Waals surface area contributed by atoms with Crippen molar-refractivity contribution in [3.05, 3.63) is 28.2 Å². The first-order valence-electron chi connectivity index (χ1n) is 6.12. The summed E-state index contributed by atoms with van der Waals surface area (Å²) >= 11 is 3.36. The summed E-state index contributed by atoms with van der Waals surface area (Å²) in [6.07, 6.45) is 0. The standard InChI is InChI=1S/C14H17BrN2O2/c1-4-19-14(18)9-17(10(2)3)13-7-5-6-12(15)11(13)8-16/h5-7,10H,4,9H2,1-3H3. The molecule has 102 valence electrons. The van der Waals surface area contributed by atoms with Gasteiger partial charge in [-0.1, -0.05) is 6.07 Å². The number of carbonyl (C=O) groups excluding carboxylic acids is 1. The highest BCUT2D eigenvalue weighted by molar-refractivity contribution is 9.10. The van der Waals surface area contributed by atoms with Gasteiger partial charge in [0.2, 0.25) is 0 Å². The monoisotopic (exact) mass is 324 g/mol. The third-order valence-corrected chi connectivity index (χ3v) is 3.30. The molecule has 0 aliphatic heterocycles. The van der Waals surface area contributed by atoms with E-state index in [2.05, 4.69) is 22.0 Å². The van der Waals surface area contributed by atoms with Crippen LogP contribution in [-0.4, -0.2) is 25.2 Å². The van der Waals surface area contributed by atoms with Crippen molar-refractivity contribution in [2.45, 2.75) is 26.8 Å². The Morgan fingerprint density at radius 3 is 2.74 bits per heavy atom. The van der Waals surface area contributed by atoms with E-state index in [-0.39, 0.29) is 18.6 Å². The lowest BCUT2D eigenvalue weighted by Gasteiger charge is -2.29. The van der Waals surface area contributed by atoms with Crippen molar-refractivity contribution in [2.75, 3.05) is 18.1 Å². The highest BCUT2D eigenvalue weighted by Crippen LogP contribution is 2.28. The van der Waals surface area contributed by atoms with Gasteiger partial charge in [-0.05, 0) is 48.8 Å². The fraction of sp³-hybridized carbons (Fsp3) is 0.429. The zero-order chi connectivity index (χ0) is 14.4. The number of esters is 1. The predicted molar refractivity (Wildman–Crippen MR) is 78.0 cm³/mol. The SMILES string of the molecule is CCOC(=O)CN(c1cccc(Br)c1C#N)C(C)C. The van der Waals surface area contributed by atoms with Crippen molar-refractivity contribution in [2.24, 2.45) is 0 Å². The second-order valence-electron chi connectivity index (χ2n) is 4.27. The Bertz CT molecular complexity index is 495. The van der Waals surface area contributed by atoms with Crippen LogP contribution in [0.25, 0.3) is 0 Å². The van der Waals surface area contributed by atoms with E-state index in [9.17, 15) is 10.1 Å². The van der Waals surface area contributed by atoms with Crippen LogP contribution in [0.5, 0.6) is 0 Å². The minimum atomic E-state index is -0.292. The molecule has 0 atom stereocenters. The molecule has 5 heteroatoms. The van der Waals surface area contributed by atoms with E-state index in [1.807, 2.05) is 36.9 Å². The number of hydrogen-bond donors (Lipinski definition) is 0. The van der Waals surface area contributed by atoms with Gasteiger partial charge in [0.05, 0.1) is 17.9 Å².